The van der Waals surface area contributed by atoms with Gasteiger partial charge < -0.3 is 20.3 Å². The average molecular weight is 382 g/mol. The highest BCUT2D eigenvalue weighted by molar-refractivity contribution is 5.95. The van der Waals surface area contributed by atoms with E-state index in [2.05, 4.69) is 10.6 Å². The zero-order chi connectivity index (χ0) is 19.9. The summed E-state index contributed by atoms with van der Waals surface area (Å²) in [4.78, 5) is 28.8. The minimum atomic E-state index is -0.499. The highest BCUT2D eigenvalue weighted by Crippen LogP contribution is 2.34. The maximum absolute atomic E-state index is 12.9. The van der Waals surface area contributed by atoms with E-state index in [0.717, 1.165) is 17.2 Å². The van der Waals surface area contributed by atoms with Crippen LogP contribution < -0.4 is 10.6 Å². The fraction of sp³-hybridized carbons (Fsp3) is 0.429. The van der Waals surface area contributed by atoms with Gasteiger partial charge in [0.2, 0.25) is 0 Å². The normalized spacial score (nSPS) is 21.1. The van der Waals surface area contributed by atoms with Gasteiger partial charge in [-0.2, -0.15) is 0 Å². The molecule has 7 nitrogen and oxygen atoms in total. The predicted molar refractivity (Wildman–Crippen MR) is 105 cm³/mol. The molecule has 148 valence electrons. The number of likely N-dealkylation sites (tertiary alicyclic amines) is 1. The molecular weight excluding hydrogens is 356 g/mol. The lowest BCUT2D eigenvalue weighted by Gasteiger charge is -2.33. The molecule has 2 N–H and O–H groups in total. The Morgan fingerprint density at radius 2 is 1.86 bits per heavy atom. The van der Waals surface area contributed by atoms with E-state index in [1.165, 1.54) is 0 Å². The van der Waals surface area contributed by atoms with Gasteiger partial charge in [-0.1, -0.05) is 12.2 Å². The summed E-state index contributed by atoms with van der Waals surface area (Å²) in [6.45, 7) is 6.74. The zero-order valence-electron chi connectivity index (χ0n) is 16.5. The summed E-state index contributed by atoms with van der Waals surface area (Å²) >= 11 is 0. The van der Waals surface area contributed by atoms with E-state index < -0.39 is 5.60 Å². The van der Waals surface area contributed by atoms with Gasteiger partial charge in [-0.3, -0.25) is 9.69 Å². The second-order valence-corrected chi connectivity index (χ2v) is 8.30. The van der Waals surface area contributed by atoms with Crippen LogP contribution in [0.1, 0.15) is 33.6 Å². The molecule has 28 heavy (non-hydrogen) atoms. The number of nitrogens with one attached hydrogen (secondary N) is 2. The van der Waals surface area contributed by atoms with Gasteiger partial charge in [0.05, 0.1) is 5.70 Å². The standard InChI is InChI=1S/C21H26N4O3/c1-21(2,3)28-20(27)24-12-10-14(11-13-24)22-19(26)18-16-8-4-6-15-7-5-9-17(23-18)25(15)16/h4-9,14,23H,10-13H2,1-3H3,(H,22,26). The number of ether oxygens (including phenoxy) is 1. The van der Waals surface area contributed by atoms with E-state index in [1.807, 2.05) is 62.1 Å². The number of hydrogen-bond acceptors (Lipinski definition) is 5. The van der Waals surface area contributed by atoms with E-state index in [0.29, 0.717) is 31.6 Å². The first-order chi connectivity index (χ1) is 13.3. The van der Waals surface area contributed by atoms with Crippen molar-refractivity contribution in [1.29, 1.82) is 0 Å². The monoisotopic (exact) mass is 382 g/mol. The fourth-order valence-electron chi connectivity index (χ4n) is 3.69. The molecular formula is C21H26N4O3. The van der Waals surface area contributed by atoms with Crippen LogP contribution in [0.4, 0.5) is 4.79 Å². The molecule has 0 aromatic heterocycles. The third kappa shape index (κ3) is 3.56. The molecule has 4 rings (SSSR count). The van der Waals surface area contributed by atoms with Crippen molar-refractivity contribution in [3.05, 3.63) is 59.4 Å². The van der Waals surface area contributed by atoms with Crippen molar-refractivity contribution >= 4 is 12.0 Å². The number of carbonyl (C=O) groups is 2. The Kier molecular flexibility index (Phi) is 4.53. The van der Waals surface area contributed by atoms with Crippen molar-refractivity contribution < 1.29 is 14.3 Å². The lowest BCUT2D eigenvalue weighted by Crippen LogP contribution is -2.48. The summed E-state index contributed by atoms with van der Waals surface area (Å²) in [6.07, 6.45) is 13.0. The van der Waals surface area contributed by atoms with Crippen LogP contribution in [0.15, 0.2) is 59.4 Å². The third-order valence-electron chi connectivity index (χ3n) is 5.00. The summed E-state index contributed by atoms with van der Waals surface area (Å²) in [5.74, 6) is 0.768. The van der Waals surface area contributed by atoms with Crippen LogP contribution in [-0.4, -0.2) is 46.5 Å². The molecule has 0 atom stereocenters. The van der Waals surface area contributed by atoms with E-state index >= 15 is 0 Å². The van der Waals surface area contributed by atoms with Crippen LogP contribution in [0, 0.1) is 0 Å². The highest BCUT2D eigenvalue weighted by Gasteiger charge is 2.34. The van der Waals surface area contributed by atoms with Gasteiger partial charge in [0, 0.05) is 24.8 Å². The summed E-state index contributed by atoms with van der Waals surface area (Å²) < 4.78 is 5.43. The third-order valence-corrected chi connectivity index (χ3v) is 5.00. The minimum Gasteiger partial charge on any atom is -0.444 e. The Morgan fingerprint density at radius 1 is 1.14 bits per heavy atom. The molecule has 2 amide bonds. The summed E-state index contributed by atoms with van der Waals surface area (Å²) in [5.41, 5.74) is 1.96. The summed E-state index contributed by atoms with van der Waals surface area (Å²) in [5, 5.41) is 6.35. The lowest BCUT2D eigenvalue weighted by atomic mass is 10.0. The number of amides is 2. The second-order valence-electron chi connectivity index (χ2n) is 8.30. The van der Waals surface area contributed by atoms with Gasteiger partial charge in [-0.05, 0) is 57.9 Å². The van der Waals surface area contributed by atoms with Crippen LogP contribution in [0.5, 0.6) is 0 Å². The van der Waals surface area contributed by atoms with Gasteiger partial charge in [0.1, 0.15) is 17.1 Å². The molecule has 0 aliphatic carbocycles. The maximum Gasteiger partial charge on any atom is 0.410 e. The van der Waals surface area contributed by atoms with E-state index in [9.17, 15) is 9.59 Å². The summed E-state index contributed by atoms with van der Waals surface area (Å²) in [6, 6.07) is 0.0356. The number of allylic oxidation sites excluding steroid dienone is 6. The van der Waals surface area contributed by atoms with Crippen LogP contribution >= 0.6 is 0 Å². The molecule has 0 aromatic carbocycles. The van der Waals surface area contributed by atoms with Crippen LogP contribution in [-0.2, 0) is 9.53 Å². The van der Waals surface area contributed by atoms with Gasteiger partial charge in [0.15, 0.2) is 0 Å². The quantitative estimate of drug-likeness (QED) is 0.768. The van der Waals surface area contributed by atoms with Gasteiger partial charge in [-0.15, -0.1) is 0 Å². The minimum absolute atomic E-state index is 0.0356. The molecule has 4 aliphatic rings. The Labute approximate surface area is 165 Å². The number of carbonyl (C=O) groups excluding carboxylic acids is 2. The average Bonchev–Trinajstić information content (AvgIpc) is 3.02. The SMILES string of the molecule is CC(C)(C)OC(=O)N1CCC(NC(=O)C2=C3C=CC=C4C=CC=C(N2)N43)CC1. The fourth-order valence-corrected chi connectivity index (χ4v) is 3.69. The molecule has 0 spiro atoms. The molecule has 0 radical (unpaired) electrons. The van der Waals surface area contributed by atoms with E-state index in [1.54, 1.807) is 4.90 Å². The molecule has 0 unspecified atom stereocenters. The van der Waals surface area contributed by atoms with Crippen LogP contribution in [0.3, 0.4) is 0 Å². The van der Waals surface area contributed by atoms with Crippen molar-refractivity contribution in [3.8, 4) is 0 Å². The van der Waals surface area contributed by atoms with Crippen molar-refractivity contribution in [2.45, 2.75) is 45.3 Å². The molecule has 1 fully saturated rings. The maximum atomic E-state index is 12.9. The number of rotatable bonds is 2. The first kappa shape index (κ1) is 18.4. The van der Waals surface area contributed by atoms with Crippen molar-refractivity contribution in [2.24, 2.45) is 0 Å². The van der Waals surface area contributed by atoms with Crippen molar-refractivity contribution in [1.82, 2.24) is 20.4 Å². The van der Waals surface area contributed by atoms with Gasteiger partial charge >= 0.3 is 6.09 Å². The molecule has 4 aliphatic heterocycles. The molecule has 7 heteroatoms. The van der Waals surface area contributed by atoms with Gasteiger partial charge in [0.25, 0.3) is 5.91 Å². The first-order valence-corrected chi connectivity index (χ1v) is 9.69. The number of piperidine rings is 1. The number of hydrogen-bond donors (Lipinski definition) is 2. The lowest BCUT2D eigenvalue weighted by molar-refractivity contribution is -0.118. The zero-order valence-corrected chi connectivity index (χ0v) is 16.5. The Morgan fingerprint density at radius 3 is 2.57 bits per heavy atom. The summed E-state index contributed by atoms with van der Waals surface area (Å²) in [7, 11) is 0. The van der Waals surface area contributed by atoms with E-state index in [-0.39, 0.29) is 18.0 Å². The largest absolute Gasteiger partial charge is 0.444 e. The molecule has 0 aromatic rings. The van der Waals surface area contributed by atoms with Crippen LogP contribution in [0.2, 0.25) is 0 Å². The Balaban J connectivity index is 1.36. The first-order valence-electron chi connectivity index (χ1n) is 9.69. The van der Waals surface area contributed by atoms with E-state index in [4.69, 9.17) is 4.74 Å². The molecule has 0 bridgehead atoms. The van der Waals surface area contributed by atoms with Crippen LogP contribution in [0.25, 0.3) is 0 Å². The van der Waals surface area contributed by atoms with Crippen molar-refractivity contribution in [3.63, 3.8) is 0 Å². The highest BCUT2D eigenvalue weighted by atomic mass is 16.6. The molecule has 0 saturated carbocycles. The Hall–Kier alpha value is -2.96. The predicted octanol–water partition coefficient (Wildman–Crippen LogP) is 2.48. The molecule has 1 saturated heterocycles. The van der Waals surface area contributed by atoms with Gasteiger partial charge in [-0.25, -0.2) is 4.79 Å². The topological polar surface area (TPSA) is 73.9 Å². The smallest absolute Gasteiger partial charge is 0.410 e. The second kappa shape index (κ2) is 6.89. The number of nitrogens with zero attached hydrogens (tertiary/aromatic N) is 2. The van der Waals surface area contributed by atoms with Crippen molar-refractivity contribution in [2.75, 3.05) is 13.1 Å². The Bertz CT molecular complexity index is 849. The molecule has 4 heterocycles.